The molecule has 0 bridgehead atoms. The van der Waals surface area contributed by atoms with Gasteiger partial charge >= 0.3 is 0 Å². The van der Waals surface area contributed by atoms with Crippen LogP contribution in [-0.4, -0.2) is 23.1 Å². The van der Waals surface area contributed by atoms with Gasteiger partial charge in [0, 0.05) is 80.1 Å². The number of fused-ring (bicyclic) bond motifs is 9. The number of hydrogen-bond acceptors (Lipinski definition) is 7. The standard InChI is InChI=1S/C38H20F4O4S3/c1-37(2)21-11-15(9-18-17-5-13(39)8-24(42)26(17)32(46)29(18)43)47-33(21)35-27(37)28-36(49-35)34-22(38(28,3)4)12-16(48-34)10-20-25-19(30(44)31(20)45)6-14(40)7-23(25)41/h5-12H,1-4H3/b18-9-,20-10-. The summed E-state index contributed by atoms with van der Waals surface area (Å²) in [6, 6.07) is 7.12. The molecule has 11 heteroatoms. The van der Waals surface area contributed by atoms with Crippen LogP contribution in [0.15, 0.2) is 36.4 Å². The van der Waals surface area contributed by atoms with E-state index in [0.717, 1.165) is 42.8 Å². The van der Waals surface area contributed by atoms with Gasteiger partial charge in [-0.05, 0) is 58.7 Å². The molecule has 0 saturated heterocycles. The number of carbonyl (C=O) groups excluding carboxylic acids is 4. The fraction of sp³-hybridized carbons (Fsp3) is 0.158. The molecule has 0 spiro atoms. The average Bonchev–Trinajstić information content (AvgIpc) is 3.85. The van der Waals surface area contributed by atoms with Gasteiger partial charge in [-0.3, -0.25) is 19.2 Å². The summed E-state index contributed by atoms with van der Waals surface area (Å²) in [5.74, 6) is -7.48. The second kappa shape index (κ2) is 9.56. The second-order valence-corrected chi connectivity index (χ2v) is 16.8. The Morgan fingerprint density at radius 3 is 1.53 bits per heavy atom. The number of benzene rings is 2. The van der Waals surface area contributed by atoms with Crippen LogP contribution >= 0.6 is 34.0 Å². The lowest BCUT2D eigenvalue weighted by Gasteiger charge is -2.28. The Kier molecular flexibility index (Phi) is 5.94. The van der Waals surface area contributed by atoms with Crippen molar-refractivity contribution in [2.75, 3.05) is 0 Å². The van der Waals surface area contributed by atoms with E-state index in [-0.39, 0.29) is 27.8 Å². The summed E-state index contributed by atoms with van der Waals surface area (Å²) >= 11 is 4.52. The fourth-order valence-electron chi connectivity index (χ4n) is 7.77. The first kappa shape index (κ1) is 30.5. The molecule has 4 aliphatic carbocycles. The molecule has 2 aromatic carbocycles. The van der Waals surface area contributed by atoms with E-state index in [0.29, 0.717) is 21.9 Å². The van der Waals surface area contributed by atoms with Crippen LogP contribution < -0.4 is 0 Å². The summed E-state index contributed by atoms with van der Waals surface area (Å²) in [5.41, 5.74) is 2.58. The molecule has 4 aliphatic rings. The van der Waals surface area contributed by atoms with Gasteiger partial charge in [0.2, 0.25) is 23.1 Å². The molecule has 0 aliphatic heterocycles. The van der Waals surface area contributed by atoms with Crippen molar-refractivity contribution in [3.63, 3.8) is 0 Å². The normalized spacial score (nSPS) is 19.2. The zero-order valence-electron chi connectivity index (χ0n) is 26.0. The molecule has 0 saturated carbocycles. The third kappa shape index (κ3) is 3.83. The highest BCUT2D eigenvalue weighted by atomic mass is 32.1. The molecule has 3 aromatic heterocycles. The van der Waals surface area contributed by atoms with E-state index in [1.54, 1.807) is 11.3 Å². The number of hydrogen-bond donors (Lipinski definition) is 0. The predicted octanol–water partition coefficient (Wildman–Crippen LogP) is 9.65. The number of carbonyl (C=O) groups is 4. The Labute approximate surface area is 288 Å². The Hall–Kier alpha value is -4.58. The molecule has 5 aromatic rings. The quantitative estimate of drug-likeness (QED) is 0.104. The Balaban J connectivity index is 1.15. The summed E-state index contributed by atoms with van der Waals surface area (Å²) < 4.78 is 57.3. The lowest BCUT2D eigenvalue weighted by atomic mass is 9.74. The molecule has 0 atom stereocenters. The first-order valence-electron chi connectivity index (χ1n) is 15.2. The van der Waals surface area contributed by atoms with Gasteiger partial charge in [-0.2, -0.15) is 0 Å². The van der Waals surface area contributed by atoms with Crippen LogP contribution in [0.3, 0.4) is 0 Å². The number of rotatable bonds is 2. The molecular weight excluding hydrogens is 693 g/mol. The molecule has 4 nitrogen and oxygen atoms in total. The summed E-state index contributed by atoms with van der Waals surface area (Å²) in [6.07, 6.45) is 3.05. The van der Waals surface area contributed by atoms with Crippen LogP contribution in [0.4, 0.5) is 17.6 Å². The first-order chi connectivity index (χ1) is 23.1. The van der Waals surface area contributed by atoms with Crippen molar-refractivity contribution in [3.05, 3.63) is 114 Å². The Morgan fingerprint density at radius 2 is 0.980 bits per heavy atom. The summed E-state index contributed by atoms with van der Waals surface area (Å²) in [6.45, 7) is 8.53. The minimum atomic E-state index is -1.06. The number of halogens is 4. The van der Waals surface area contributed by atoms with Crippen LogP contribution in [0.5, 0.6) is 0 Å². The van der Waals surface area contributed by atoms with Crippen molar-refractivity contribution in [2.45, 2.75) is 38.5 Å². The number of Topliss-reactive ketones (excluding diaryl/α,β-unsaturated/α-hetero) is 4. The van der Waals surface area contributed by atoms with Crippen molar-refractivity contribution in [1.82, 2.24) is 0 Å². The molecule has 242 valence electrons. The minimum Gasteiger partial charge on any atom is -0.285 e. The lowest BCUT2D eigenvalue weighted by molar-refractivity contribution is -0.110. The fourth-order valence-corrected chi connectivity index (χ4v) is 12.2. The zero-order valence-corrected chi connectivity index (χ0v) is 28.4. The van der Waals surface area contributed by atoms with Gasteiger partial charge in [0.1, 0.15) is 23.3 Å². The van der Waals surface area contributed by atoms with E-state index in [2.05, 4.69) is 27.7 Å². The van der Waals surface area contributed by atoms with E-state index < -0.39 is 62.8 Å². The number of allylic oxidation sites excluding steroid dienone is 2. The number of thiophene rings is 3. The maximum Gasteiger partial charge on any atom is 0.237 e. The van der Waals surface area contributed by atoms with Gasteiger partial charge in [0.05, 0.1) is 5.56 Å². The van der Waals surface area contributed by atoms with Crippen molar-refractivity contribution < 1.29 is 36.7 Å². The topological polar surface area (TPSA) is 68.3 Å². The summed E-state index contributed by atoms with van der Waals surface area (Å²) in [7, 11) is 0. The van der Waals surface area contributed by atoms with E-state index >= 15 is 0 Å². The first-order valence-corrected chi connectivity index (χ1v) is 17.6. The Morgan fingerprint density at radius 1 is 0.510 bits per heavy atom. The molecule has 9 rings (SSSR count). The molecule has 3 heterocycles. The van der Waals surface area contributed by atoms with Crippen molar-refractivity contribution >= 4 is 80.4 Å². The molecule has 49 heavy (non-hydrogen) atoms. The zero-order chi connectivity index (χ0) is 34.6. The minimum absolute atomic E-state index is 0.0360. The van der Waals surface area contributed by atoms with E-state index in [1.807, 2.05) is 12.1 Å². The average molecular weight is 713 g/mol. The maximum atomic E-state index is 14.8. The van der Waals surface area contributed by atoms with E-state index in [1.165, 1.54) is 46.0 Å². The second-order valence-electron chi connectivity index (χ2n) is 13.6. The Bertz CT molecular complexity index is 2570. The maximum absolute atomic E-state index is 14.8. The molecule has 0 radical (unpaired) electrons. The van der Waals surface area contributed by atoms with Crippen LogP contribution in [0.25, 0.3) is 42.8 Å². The monoisotopic (exact) mass is 712 g/mol. The third-order valence-corrected chi connectivity index (χ3v) is 13.7. The van der Waals surface area contributed by atoms with E-state index in [9.17, 15) is 36.7 Å². The van der Waals surface area contributed by atoms with Gasteiger partial charge in [-0.25, -0.2) is 17.6 Å². The van der Waals surface area contributed by atoms with Crippen LogP contribution in [-0.2, 0) is 20.4 Å². The molecule has 0 fully saturated rings. The van der Waals surface area contributed by atoms with Gasteiger partial charge < -0.3 is 0 Å². The molecule has 0 unspecified atom stereocenters. The molecular formula is C38H20F4O4S3. The summed E-state index contributed by atoms with van der Waals surface area (Å²) in [5, 5.41) is 0. The SMILES string of the molecule is CC1(C)c2cc(/C=C3\C(=O)C(=O)c4c(F)cc(F)cc43)sc2-c2sc3c(c21)C(C)(C)c1cc(/C=C2\C(=O)C(=O)c4cc(F)cc(F)c42)sc1-3. The van der Waals surface area contributed by atoms with Gasteiger partial charge in [0.25, 0.3) is 0 Å². The highest BCUT2D eigenvalue weighted by Crippen LogP contribution is 2.66. The van der Waals surface area contributed by atoms with Crippen molar-refractivity contribution in [3.8, 4) is 19.5 Å². The lowest BCUT2D eigenvalue weighted by Crippen LogP contribution is -2.23. The highest BCUT2D eigenvalue weighted by molar-refractivity contribution is 7.27. The smallest absolute Gasteiger partial charge is 0.237 e. The van der Waals surface area contributed by atoms with Crippen LogP contribution in [0.2, 0.25) is 0 Å². The third-order valence-electron chi connectivity index (χ3n) is 10.0. The number of ketones is 4. The van der Waals surface area contributed by atoms with Crippen molar-refractivity contribution in [2.24, 2.45) is 0 Å². The van der Waals surface area contributed by atoms with Gasteiger partial charge in [0.15, 0.2) is 0 Å². The summed E-state index contributed by atoms with van der Waals surface area (Å²) in [4.78, 5) is 56.4. The molecule has 0 amide bonds. The predicted molar refractivity (Wildman–Crippen MR) is 182 cm³/mol. The van der Waals surface area contributed by atoms with Gasteiger partial charge in [-0.1, -0.05) is 27.7 Å². The van der Waals surface area contributed by atoms with Crippen LogP contribution in [0.1, 0.15) is 91.5 Å². The largest absolute Gasteiger partial charge is 0.285 e. The molecule has 0 N–H and O–H groups in total. The van der Waals surface area contributed by atoms with E-state index in [4.69, 9.17) is 0 Å². The highest BCUT2D eigenvalue weighted by Gasteiger charge is 2.50. The van der Waals surface area contributed by atoms with Gasteiger partial charge in [-0.15, -0.1) is 34.0 Å². The van der Waals surface area contributed by atoms with Crippen LogP contribution in [0, 0.1) is 23.3 Å². The van der Waals surface area contributed by atoms with Crippen molar-refractivity contribution in [1.29, 1.82) is 0 Å².